The zero-order valence-corrected chi connectivity index (χ0v) is 32.4. The van der Waals surface area contributed by atoms with Gasteiger partial charge in [0.25, 0.3) is 5.56 Å². The average Bonchev–Trinajstić information content (AvgIpc) is 3.68. The standard InChI is InChI=1S/C43H38BrN3O5S/c1-6-51-42(49)38-27(4)45-43-47(40(38)30-17-22-35(52-26(2)3)36(24-30)50-5)41(48)37(53-43)25-31-23-34(28-13-9-7-10-14-28)46(33-20-18-32(44)19-21-33)39(31)29-15-11-8-12-16-29/h7-26,40H,6H2,1-5H3/b37-25+/t40-/m1/s1. The van der Waals surface area contributed by atoms with Crippen LogP contribution in [0.25, 0.3) is 34.3 Å². The maximum Gasteiger partial charge on any atom is 0.338 e. The number of methoxy groups -OCH3 is 1. The van der Waals surface area contributed by atoms with Gasteiger partial charge >= 0.3 is 5.97 Å². The van der Waals surface area contributed by atoms with Crippen molar-refractivity contribution >= 4 is 39.3 Å². The van der Waals surface area contributed by atoms with Gasteiger partial charge in [0.15, 0.2) is 16.3 Å². The molecular formula is C43H38BrN3O5S. The Kier molecular flexibility index (Phi) is 10.3. The molecule has 10 heteroatoms. The Morgan fingerprint density at radius 2 is 1.60 bits per heavy atom. The number of fused-ring (bicyclic) bond motifs is 1. The average molecular weight is 789 g/mol. The number of allylic oxidation sites excluding steroid dienone is 1. The number of aromatic nitrogens is 2. The minimum Gasteiger partial charge on any atom is -0.493 e. The molecule has 6 aromatic rings. The highest BCUT2D eigenvalue weighted by Gasteiger charge is 2.34. The molecule has 0 bridgehead atoms. The molecule has 7 rings (SSSR count). The van der Waals surface area contributed by atoms with Crippen LogP contribution in [0.3, 0.4) is 0 Å². The molecule has 268 valence electrons. The molecule has 0 amide bonds. The van der Waals surface area contributed by atoms with Crippen molar-refractivity contribution in [2.24, 2.45) is 4.99 Å². The number of hydrogen-bond acceptors (Lipinski definition) is 7. The Morgan fingerprint density at radius 3 is 2.25 bits per heavy atom. The first-order valence-corrected chi connectivity index (χ1v) is 19.0. The fraction of sp³-hybridized carbons (Fsp3) is 0.186. The van der Waals surface area contributed by atoms with E-state index >= 15 is 0 Å². The lowest BCUT2D eigenvalue weighted by atomic mass is 9.95. The van der Waals surface area contributed by atoms with Gasteiger partial charge in [-0.2, -0.15) is 0 Å². The third kappa shape index (κ3) is 7.04. The van der Waals surface area contributed by atoms with E-state index in [4.69, 9.17) is 19.2 Å². The van der Waals surface area contributed by atoms with E-state index in [1.165, 1.54) is 11.3 Å². The number of nitrogens with zero attached hydrogens (tertiary/aromatic N) is 3. The first-order chi connectivity index (χ1) is 25.7. The van der Waals surface area contributed by atoms with Crippen LogP contribution in [0.5, 0.6) is 11.5 Å². The van der Waals surface area contributed by atoms with Crippen molar-refractivity contribution in [3.63, 3.8) is 0 Å². The summed E-state index contributed by atoms with van der Waals surface area (Å²) in [5.74, 6) is 0.529. The highest BCUT2D eigenvalue weighted by molar-refractivity contribution is 9.10. The van der Waals surface area contributed by atoms with Crippen molar-refractivity contribution in [1.82, 2.24) is 9.13 Å². The highest BCUT2D eigenvalue weighted by atomic mass is 79.9. The normalized spacial score (nSPS) is 14.2. The Balaban J connectivity index is 1.49. The highest BCUT2D eigenvalue weighted by Crippen LogP contribution is 2.38. The molecule has 2 aromatic heterocycles. The SMILES string of the molecule is CCOC(=O)C1=C(C)N=c2s/c(=C/c3cc(-c4ccccc4)n(-c4ccc(Br)cc4)c3-c3ccccc3)c(=O)n2[C@@H]1c1ccc(OC(C)C)c(OC)c1. The third-order valence-electron chi connectivity index (χ3n) is 8.90. The Labute approximate surface area is 320 Å². The second kappa shape index (κ2) is 15.3. The van der Waals surface area contributed by atoms with Crippen molar-refractivity contribution in [3.05, 3.63) is 156 Å². The van der Waals surface area contributed by atoms with Crippen LogP contribution in [-0.2, 0) is 9.53 Å². The van der Waals surface area contributed by atoms with Gasteiger partial charge < -0.3 is 18.8 Å². The van der Waals surface area contributed by atoms with Crippen molar-refractivity contribution < 1.29 is 19.0 Å². The van der Waals surface area contributed by atoms with E-state index in [0.29, 0.717) is 37.7 Å². The Bertz CT molecular complexity index is 2520. The molecule has 1 aliphatic heterocycles. The summed E-state index contributed by atoms with van der Waals surface area (Å²) in [6.45, 7) is 7.60. The van der Waals surface area contributed by atoms with Gasteiger partial charge in [0.05, 0.1) is 53.1 Å². The van der Waals surface area contributed by atoms with Crippen molar-refractivity contribution in [1.29, 1.82) is 0 Å². The number of rotatable bonds is 10. The van der Waals surface area contributed by atoms with Gasteiger partial charge in [0, 0.05) is 15.7 Å². The number of ether oxygens (including phenoxy) is 3. The quantitative estimate of drug-likeness (QED) is 0.130. The van der Waals surface area contributed by atoms with Gasteiger partial charge in [-0.3, -0.25) is 9.36 Å². The maximum absolute atomic E-state index is 14.8. The molecule has 0 saturated heterocycles. The molecule has 1 aliphatic rings. The zero-order chi connectivity index (χ0) is 37.2. The molecule has 0 aliphatic carbocycles. The van der Waals surface area contributed by atoms with E-state index in [-0.39, 0.29) is 18.3 Å². The summed E-state index contributed by atoms with van der Waals surface area (Å²) < 4.78 is 22.5. The summed E-state index contributed by atoms with van der Waals surface area (Å²) in [7, 11) is 1.57. The van der Waals surface area contributed by atoms with E-state index in [0.717, 1.165) is 38.2 Å². The molecule has 0 radical (unpaired) electrons. The predicted octanol–water partition coefficient (Wildman–Crippen LogP) is 8.48. The Morgan fingerprint density at radius 1 is 0.925 bits per heavy atom. The fourth-order valence-electron chi connectivity index (χ4n) is 6.66. The van der Waals surface area contributed by atoms with Crippen LogP contribution in [0.2, 0.25) is 0 Å². The molecule has 53 heavy (non-hydrogen) atoms. The summed E-state index contributed by atoms with van der Waals surface area (Å²) >= 11 is 4.88. The fourth-order valence-corrected chi connectivity index (χ4v) is 7.97. The summed E-state index contributed by atoms with van der Waals surface area (Å²) in [5.41, 5.74) is 6.94. The number of carbonyl (C=O) groups is 1. The molecule has 0 spiro atoms. The van der Waals surface area contributed by atoms with Crippen LogP contribution in [0.1, 0.15) is 44.9 Å². The zero-order valence-electron chi connectivity index (χ0n) is 30.0. The van der Waals surface area contributed by atoms with E-state index in [1.54, 1.807) is 25.5 Å². The monoisotopic (exact) mass is 787 g/mol. The van der Waals surface area contributed by atoms with Crippen LogP contribution < -0.4 is 24.4 Å². The smallest absolute Gasteiger partial charge is 0.338 e. The second-order valence-corrected chi connectivity index (χ2v) is 14.7. The molecule has 0 saturated carbocycles. The van der Waals surface area contributed by atoms with Gasteiger partial charge in [0.1, 0.15) is 0 Å². The van der Waals surface area contributed by atoms with Gasteiger partial charge in [0.2, 0.25) is 0 Å². The molecule has 0 N–H and O–H groups in total. The number of esters is 1. The number of benzene rings is 4. The lowest BCUT2D eigenvalue weighted by molar-refractivity contribution is -0.139. The van der Waals surface area contributed by atoms with Crippen LogP contribution in [0, 0.1) is 0 Å². The maximum atomic E-state index is 14.8. The number of carbonyl (C=O) groups excluding carboxylic acids is 1. The summed E-state index contributed by atoms with van der Waals surface area (Å²) in [6, 6.07) is 35.4. The van der Waals surface area contributed by atoms with E-state index in [9.17, 15) is 9.59 Å². The molecule has 4 aromatic carbocycles. The topological polar surface area (TPSA) is 84.1 Å². The molecule has 0 fully saturated rings. The third-order valence-corrected chi connectivity index (χ3v) is 10.4. The van der Waals surface area contributed by atoms with Crippen molar-refractivity contribution in [2.75, 3.05) is 13.7 Å². The summed E-state index contributed by atoms with van der Waals surface area (Å²) in [4.78, 5) is 33.6. The van der Waals surface area contributed by atoms with E-state index < -0.39 is 12.0 Å². The molecule has 1 atom stereocenters. The number of thiazole rings is 1. The minimum atomic E-state index is -0.810. The van der Waals surface area contributed by atoms with Gasteiger partial charge in [-0.05, 0) is 92.9 Å². The van der Waals surface area contributed by atoms with Crippen LogP contribution in [0.15, 0.2) is 135 Å². The van der Waals surface area contributed by atoms with Crippen LogP contribution in [-0.4, -0.2) is 34.9 Å². The minimum absolute atomic E-state index is 0.0773. The van der Waals surface area contributed by atoms with Gasteiger partial charge in [-0.1, -0.05) is 94.0 Å². The first-order valence-electron chi connectivity index (χ1n) is 17.3. The molecule has 8 nitrogen and oxygen atoms in total. The summed E-state index contributed by atoms with van der Waals surface area (Å²) in [5, 5.41) is 0. The van der Waals surface area contributed by atoms with Crippen LogP contribution in [0.4, 0.5) is 0 Å². The largest absolute Gasteiger partial charge is 0.493 e. The lowest BCUT2D eigenvalue weighted by Crippen LogP contribution is -2.40. The predicted molar refractivity (Wildman–Crippen MR) is 213 cm³/mol. The summed E-state index contributed by atoms with van der Waals surface area (Å²) in [6.07, 6.45) is 1.86. The molecular weight excluding hydrogens is 750 g/mol. The van der Waals surface area contributed by atoms with Gasteiger partial charge in [-0.25, -0.2) is 9.79 Å². The van der Waals surface area contributed by atoms with Crippen molar-refractivity contribution in [2.45, 2.75) is 39.8 Å². The number of hydrogen-bond donors (Lipinski definition) is 0. The molecule has 0 unspecified atom stereocenters. The van der Waals surface area contributed by atoms with Gasteiger partial charge in [-0.15, -0.1) is 0 Å². The van der Waals surface area contributed by atoms with Crippen LogP contribution >= 0.6 is 27.3 Å². The number of halogens is 1. The molecule has 3 heterocycles. The van der Waals surface area contributed by atoms with E-state index in [1.807, 2.05) is 86.7 Å². The lowest BCUT2D eigenvalue weighted by Gasteiger charge is -2.25. The van der Waals surface area contributed by atoms with E-state index in [2.05, 4.69) is 63.0 Å². The van der Waals surface area contributed by atoms with Crippen molar-refractivity contribution in [3.8, 4) is 39.7 Å². The Hall–Kier alpha value is -5.45. The first kappa shape index (κ1) is 35.9. The second-order valence-electron chi connectivity index (χ2n) is 12.8.